The maximum atomic E-state index is 12.5. The van der Waals surface area contributed by atoms with E-state index in [1.54, 1.807) is 37.3 Å². The highest BCUT2D eigenvalue weighted by Gasteiger charge is 2.47. The summed E-state index contributed by atoms with van der Waals surface area (Å²) in [7, 11) is 0. The van der Waals surface area contributed by atoms with Crippen LogP contribution in [0.3, 0.4) is 0 Å². The van der Waals surface area contributed by atoms with E-state index < -0.39 is 12.2 Å². The molecule has 5 rings (SSSR count). The normalized spacial score (nSPS) is 14.6. The van der Waals surface area contributed by atoms with Crippen LogP contribution in [0.25, 0.3) is 11.2 Å². The molecule has 3 heterocycles. The fourth-order valence-corrected chi connectivity index (χ4v) is 4.53. The van der Waals surface area contributed by atoms with Gasteiger partial charge in [0.05, 0.1) is 17.4 Å². The summed E-state index contributed by atoms with van der Waals surface area (Å²) in [5.41, 5.74) is 0.739. The van der Waals surface area contributed by atoms with Crippen molar-refractivity contribution in [3.63, 3.8) is 0 Å². The molecular formula is C25H18ClN3O5S. The monoisotopic (exact) mass is 507 g/mol. The Balaban J connectivity index is 1.33. The van der Waals surface area contributed by atoms with Crippen LogP contribution in [0.1, 0.15) is 53.5 Å². The van der Waals surface area contributed by atoms with Crippen molar-refractivity contribution in [3.05, 3.63) is 69.1 Å². The van der Waals surface area contributed by atoms with Crippen LogP contribution in [0.15, 0.2) is 45.2 Å². The molecule has 0 aliphatic heterocycles. The number of nitrogens with zero attached hydrogens (tertiary/aromatic N) is 2. The molecule has 0 saturated heterocycles. The van der Waals surface area contributed by atoms with Gasteiger partial charge in [-0.15, -0.1) is 0 Å². The molecule has 176 valence electrons. The number of anilines is 1. The van der Waals surface area contributed by atoms with Crippen molar-refractivity contribution < 1.29 is 23.5 Å². The third-order valence-electron chi connectivity index (χ3n) is 5.84. The number of halogens is 1. The van der Waals surface area contributed by atoms with E-state index >= 15 is 0 Å². The molecule has 35 heavy (non-hydrogen) atoms. The molecule has 1 saturated carbocycles. The van der Waals surface area contributed by atoms with Crippen molar-refractivity contribution in [1.29, 1.82) is 5.26 Å². The number of furan rings is 2. The number of benzene rings is 1. The van der Waals surface area contributed by atoms with Crippen LogP contribution in [0, 0.1) is 23.2 Å². The number of carbonyl (C=O) groups is 1. The zero-order valence-electron chi connectivity index (χ0n) is 18.4. The van der Waals surface area contributed by atoms with Gasteiger partial charge in [-0.1, -0.05) is 29.8 Å². The Hall–Kier alpha value is -3.76. The van der Waals surface area contributed by atoms with Crippen molar-refractivity contribution in [2.75, 3.05) is 11.9 Å². The van der Waals surface area contributed by atoms with Crippen LogP contribution in [-0.2, 0) is 10.2 Å². The van der Waals surface area contributed by atoms with Gasteiger partial charge in [0.1, 0.15) is 28.5 Å². The summed E-state index contributed by atoms with van der Waals surface area (Å²) in [6.45, 7) is 1.73. The molecule has 1 aromatic carbocycles. The van der Waals surface area contributed by atoms with Crippen molar-refractivity contribution in [2.45, 2.75) is 31.3 Å². The number of carbonyl (C=O) groups excluding carboxylic acids is 1. The fourth-order valence-electron chi connectivity index (χ4n) is 3.64. The van der Waals surface area contributed by atoms with E-state index in [4.69, 9.17) is 25.2 Å². The SMILES string of the molecule is CC(OC(=O)Nc1c(C#Cc2cc3cc(C4(CO)CC4)oc3o2)nsc1C#N)c1ccccc1Cl. The lowest BCUT2D eigenvalue weighted by atomic mass is 10.1. The first-order valence-electron chi connectivity index (χ1n) is 10.7. The predicted octanol–water partition coefficient (Wildman–Crippen LogP) is 5.74. The Bertz CT molecular complexity index is 1500. The van der Waals surface area contributed by atoms with Gasteiger partial charge in [-0.2, -0.15) is 9.64 Å². The van der Waals surface area contributed by atoms with Gasteiger partial charge in [0, 0.05) is 16.7 Å². The third kappa shape index (κ3) is 4.50. The minimum atomic E-state index is -0.766. The summed E-state index contributed by atoms with van der Waals surface area (Å²) in [6.07, 6.45) is 0.386. The Morgan fingerprint density at radius 3 is 2.83 bits per heavy atom. The summed E-state index contributed by atoms with van der Waals surface area (Å²) in [5.74, 6) is 7.06. The molecule has 1 fully saturated rings. The molecule has 2 N–H and O–H groups in total. The summed E-state index contributed by atoms with van der Waals surface area (Å²) >= 11 is 7.09. The number of aliphatic hydroxyl groups is 1. The van der Waals surface area contributed by atoms with Crippen LogP contribution in [0.5, 0.6) is 0 Å². The first-order chi connectivity index (χ1) is 16.9. The zero-order valence-corrected chi connectivity index (χ0v) is 20.0. The average Bonchev–Trinajstić information content (AvgIpc) is 3.17. The number of nitrogens with one attached hydrogen (secondary N) is 1. The Kier molecular flexibility index (Phi) is 6.00. The maximum absolute atomic E-state index is 12.5. The zero-order chi connectivity index (χ0) is 24.6. The molecule has 0 radical (unpaired) electrons. The summed E-state index contributed by atoms with van der Waals surface area (Å²) < 4.78 is 21.0. The second-order valence-electron chi connectivity index (χ2n) is 8.19. The fraction of sp³-hybridized carbons (Fsp3) is 0.240. The van der Waals surface area contributed by atoms with Gasteiger partial charge >= 0.3 is 6.09 Å². The van der Waals surface area contributed by atoms with Gasteiger partial charge in [0.15, 0.2) is 11.5 Å². The first kappa shape index (κ1) is 23.0. The lowest BCUT2D eigenvalue weighted by Gasteiger charge is -2.15. The van der Waals surface area contributed by atoms with Gasteiger partial charge in [-0.25, -0.2) is 4.79 Å². The third-order valence-corrected chi connectivity index (χ3v) is 6.94. The summed E-state index contributed by atoms with van der Waals surface area (Å²) in [5, 5.41) is 22.8. The first-order valence-corrected chi connectivity index (χ1v) is 11.9. The van der Waals surface area contributed by atoms with E-state index in [1.165, 1.54) is 0 Å². The Labute approximate surface area is 209 Å². The van der Waals surface area contributed by atoms with Crippen LogP contribution in [-0.4, -0.2) is 22.2 Å². The quantitative estimate of drug-likeness (QED) is 0.330. The van der Waals surface area contributed by atoms with Crippen LogP contribution in [0.4, 0.5) is 10.5 Å². The molecule has 1 aliphatic carbocycles. The lowest BCUT2D eigenvalue weighted by molar-refractivity contribution is 0.121. The van der Waals surface area contributed by atoms with Crippen molar-refractivity contribution in [2.24, 2.45) is 0 Å². The molecule has 0 spiro atoms. The Morgan fingerprint density at radius 2 is 2.14 bits per heavy atom. The summed E-state index contributed by atoms with van der Waals surface area (Å²) in [4.78, 5) is 12.7. The second kappa shape index (κ2) is 9.12. The molecule has 4 aromatic rings. The largest absolute Gasteiger partial charge is 0.441 e. The molecule has 3 aromatic heterocycles. The van der Waals surface area contributed by atoms with Crippen LogP contribution < -0.4 is 5.32 Å². The van der Waals surface area contributed by atoms with E-state index in [2.05, 4.69) is 21.5 Å². The minimum absolute atomic E-state index is 0.0379. The number of aliphatic hydroxyl groups excluding tert-OH is 1. The molecule has 8 nitrogen and oxygen atoms in total. The van der Waals surface area contributed by atoms with E-state index in [0.717, 1.165) is 29.8 Å². The van der Waals surface area contributed by atoms with Crippen molar-refractivity contribution >= 4 is 46.1 Å². The van der Waals surface area contributed by atoms with Gasteiger partial charge in [0.2, 0.25) is 0 Å². The molecule has 1 atom stereocenters. The number of ether oxygens (including phenoxy) is 1. The number of aromatic nitrogens is 1. The molecular weight excluding hydrogens is 490 g/mol. The number of fused-ring (bicyclic) bond motifs is 1. The van der Waals surface area contributed by atoms with Crippen molar-refractivity contribution in [1.82, 2.24) is 4.37 Å². The van der Waals surface area contributed by atoms with E-state index in [9.17, 15) is 15.2 Å². The lowest BCUT2D eigenvalue weighted by Crippen LogP contribution is -2.17. The number of hydrogen-bond donors (Lipinski definition) is 2. The minimum Gasteiger partial charge on any atom is -0.441 e. The second-order valence-corrected chi connectivity index (χ2v) is 9.37. The number of rotatable bonds is 5. The van der Waals surface area contributed by atoms with E-state index in [0.29, 0.717) is 27.9 Å². The molecule has 1 aliphatic rings. The highest BCUT2D eigenvalue weighted by molar-refractivity contribution is 7.07. The van der Waals surface area contributed by atoms with Crippen molar-refractivity contribution in [3.8, 4) is 17.9 Å². The number of hydrogen-bond acceptors (Lipinski definition) is 8. The van der Waals surface area contributed by atoms with Gasteiger partial charge in [0.25, 0.3) is 5.78 Å². The highest BCUT2D eigenvalue weighted by Crippen LogP contribution is 2.49. The van der Waals surface area contributed by atoms with Crippen LogP contribution >= 0.6 is 23.1 Å². The van der Waals surface area contributed by atoms with Gasteiger partial charge in [-0.3, -0.25) is 5.32 Å². The van der Waals surface area contributed by atoms with E-state index in [-0.39, 0.29) is 28.3 Å². The molecule has 1 amide bonds. The number of amides is 1. The summed E-state index contributed by atoms with van der Waals surface area (Å²) in [6, 6.07) is 12.6. The topological polar surface area (TPSA) is 122 Å². The predicted molar refractivity (Wildman–Crippen MR) is 129 cm³/mol. The number of nitriles is 1. The standard InChI is InChI=1S/C25H18ClN3O5S/c1-14(17-4-2-3-5-18(17)26)32-24(31)28-22-19(29-35-20(22)12-27)7-6-16-10-15-11-21(34-23(15)33-16)25(13-30)8-9-25/h2-5,10-11,14,30H,8-9,13H2,1H3,(H,28,31). The van der Waals surface area contributed by atoms with Crippen LogP contribution in [0.2, 0.25) is 5.02 Å². The van der Waals surface area contributed by atoms with E-state index in [1.807, 2.05) is 12.1 Å². The average molecular weight is 508 g/mol. The molecule has 1 unspecified atom stereocenters. The smallest absolute Gasteiger partial charge is 0.412 e. The maximum Gasteiger partial charge on any atom is 0.412 e. The molecule has 0 bridgehead atoms. The van der Waals surface area contributed by atoms with Gasteiger partial charge in [-0.05, 0) is 55.3 Å². The highest BCUT2D eigenvalue weighted by atomic mass is 35.5. The molecule has 10 heteroatoms. The Morgan fingerprint density at radius 1 is 1.34 bits per heavy atom. The van der Waals surface area contributed by atoms with Gasteiger partial charge < -0.3 is 18.7 Å².